The summed E-state index contributed by atoms with van der Waals surface area (Å²) in [4.78, 5) is 45.6. The van der Waals surface area contributed by atoms with Gasteiger partial charge in [0, 0.05) is 26.2 Å². The van der Waals surface area contributed by atoms with Crippen LogP contribution in [0.1, 0.15) is 43.0 Å². The molecule has 2 aromatic carbocycles. The van der Waals surface area contributed by atoms with Crippen LogP contribution in [-0.2, 0) is 32.0 Å². The second-order valence-corrected chi connectivity index (χ2v) is 11.5. The number of hydrogen-bond acceptors (Lipinski definition) is 5. The van der Waals surface area contributed by atoms with Crippen molar-refractivity contribution >= 4 is 17.7 Å². The zero-order chi connectivity index (χ0) is 28.2. The number of ether oxygens (including phenoxy) is 1. The summed E-state index contributed by atoms with van der Waals surface area (Å²) in [6.45, 7) is 7.93. The van der Waals surface area contributed by atoms with Gasteiger partial charge in [-0.15, -0.1) is 0 Å². The van der Waals surface area contributed by atoms with Crippen molar-refractivity contribution in [3.8, 4) is 0 Å². The molecule has 0 aromatic heterocycles. The maximum absolute atomic E-state index is 14.3. The highest BCUT2D eigenvalue weighted by molar-refractivity contribution is 6.00. The number of halogens is 1. The van der Waals surface area contributed by atoms with Gasteiger partial charge in [0.05, 0.1) is 13.2 Å². The molecule has 3 atom stereocenters. The summed E-state index contributed by atoms with van der Waals surface area (Å²) in [7, 11) is 0. The van der Waals surface area contributed by atoms with E-state index < -0.39 is 23.9 Å². The van der Waals surface area contributed by atoms with E-state index in [0.717, 1.165) is 13.1 Å². The lowest BCUT2D eigenvalue weighted by atomic mass is 9.88. The molecular weight excluding hydrogens is 511 g/mol. The quantitative estimate of drug-likeness (QED) is 0.501. The first kappa shape index (κ1) is 28.2. The Balaban J connectivity index is 1.44. The number of morpholine rings is 1. The van der Waals surface area contributed by atoms with Crippen molar-refractivity contribution in [2.45, 2.75) is 51.2 Å². The minimum absolute atomic E-state index is 0.102. The van der Waals surface area contributed by atoms with E-state index in [1.54, 1.807) is 0 Å². The fourth-order valence-corrected chi connectivity index (χ4v) is 6.22. The highest BCUT2D eigenvalue weighted by atomic mass is 19.1. The van der Waals surface area contributed by atoms with Gasteiger partial charge < -0.3 is 20.3 Å². The fraction of sp³-hybridized carbons (Fsp3) is 0.516. The third kappa shape index (κ3) is 6.20. The van der Waals surface area contributed by atoms with E-state index in [4.69, 9.17) is 4.74 Å². The molecule has 5 rings (SSSR count). The van der Waals surface area contributed by atoms with Gasteiger partial charge >= 0.3 is 0 Å². The van der Waals surface area contributed by atoms with E-state index in [1.807, 2.05) is 26.0 Å². The molecule has 0 bridgehead atoms. The van der Waals surface area contributed by atoms with Crippen molar-refractivity contribution in [3.63, 3.8) is 0 Å². The second-order valence-electron chi connectivity index (χ2n) is 11.5. The van der Waals surface area contributed by atoms with E-state index in [2.05, 4.69) is 27.7 Å². The van der Waals surface area contributed by atoms with Crippen LogP contribution in [0.4, 0.5) is 4.39 Å². The number of piperazine rings is 1. The third-order valence-corrected chi connectivity index (χ3v) is 8.25. The van der Waals surface area contributed by atoms with Crippen LogP contribution >= 0.6 is 0 Å². The molecule has 2 fully saturated rings. The van der Waals surface area contributed by atoms with Crippen molar-refractivity contribution in [1.29, 1.82) is 0 Å². The molecule has 2 aromatic rings. The van der Waals surface area contributed by atoms with Crippen LogP contribution in [-0.4, -0.2) is 79.0 Å². The van der Waals surface area contributed by atoms with Crippen molar-refractivity contribution in [2.75, 3.05) is 39.4 Å². The summed E-state index contributed by atoms with van der Waals surface area (Å²) in [5.41, 5.74) is 2.85. The maximum atomic E-state index is 14.3. The van der Waals surface area contributed by atoms with Crippen LogP contribution < -0.4 is 10.6 Å². The van der Waals surface area contributed by atoms with E-state index >= 15 is 0 Å². The van der Waals surface area contributed by atoms with Gasteiger partial charge in [-0.2, -0.15) is 0 Å². The number of benzene rings is 2. The summed E-state index contributed by atoms with van der Waals surface area (Å²) >= 11 is 0. The maximum Gasteiger partial charge on any atom is 0.247 e. The number of carbonyl (C=O) groups is 3. The Hall–Kier alpha value is -3.30. The first-order valence-corrected chi connectivity index (χ1v) is 14.3. The molecule has 1 unspecified atom stereocenters. The van der Waals surface area contributed by atoms with Crippen LogP contribution in [0.3, 0.4) is 0 Å². The van der Waals surface area contributed by atoms with Gasteiger partial charge in [0.25, 0.3) is 0 Å². The van der Waals surface area contributed by atoms with Crippen molar-refractivity contribution < 1.29 is 23.5 Å². The first-order chi connectivity index (χ1) is 19.3. The number of amides is 3. The Morgan fingerprint density at radius 2 is 1.70 bits per heavy atom. The minimum atomic E-state index is -1.06. The normalized spacial score (nSPS) is 22.8. The predicted molar refractivity (Wildman–Crippen MR) is 149 cm³/mol. The van der Waals surface area contributed by atoms with Crippen LogP contribution in [0.5, 0.6) is 0 Å². The molecule has 9 heteroatoms. The number of hydrogen-bond donors (Lipinski definition) is 2. The molecule has 214 valence electrons. The SMILES string of the molecule is CC(C)C[C@@H]1C(=O)NC(C2Cc3ccccc3C2)C(=O)N1[C@@H](C(=O)NCCN1CCOCC1)c1ccc(F)cc1. The molecule has 0 radical (unpaired) electrons. The topological polar surface area (TPSA) is 91.0 Å². The molecule has 3 aliphatic rings. The summed E-state index contributed by atoms with van der Waals surface area (Å²) in [5, 5.41) is 6.04. The molecule has 40 heavy (non-hydrogen) atoms. The van der Waals surface area contributed by atoms with Gasteiger partial charge in [0.2, 0.25) is 17.7 Å². The molecule has 2 aliphatic heterocycles. The third-order valence-electron chi connectivity index (χ3n) is 8.25. The monoisotopic (exact) mass is 550 g/mol. The average molecular weight is 551 g/mol. The Bertz CT molecular complexity index is 1190. The molecular formula is C31H39FN4O4. The van der Waals surface area contributed by atoms with Gasteiger partial charge in [0.1, 0.15) is 23.9 Å². The van der Waals surface area contributed by atoms with Crippen LogP contribution in [0.25, 0.3) is 0 Å². The predicted octanol–water partition coefficient (Wildman–Crippen LogP) is 2.47. The lowest BCUT2D eigenvalue weighted by molar-refractivity contribution is -0.157. The minimum Gasteiger partial charge on any atom is -0.379 e. The van der Waals surface area contributed by atoms with Crippen molar-refractivity contribution in [3.05, 3.63) is 71.0 Å². The summed E-state index contributed by atoms with van der Waals surface area (Å²) in [6.07, 6.45) is 1.78. The van der Waals surface area contributed by atoms with Gasteiger partial charge in [0.15, 0.2) is 0 Å². The van der Waals surface area contributed by atoms with E-state index in [1.165, 1.54) is 40.3 Å². The zero-order valence-corrected chi connectivity index (χ0v) is 23.3. The summed E-state index contributed by atoms with van der Waals surface area (Å²) < 4.78 is 19.3. The molecule has 8 nitrogen and oxygen atoms in total. The summed E-state index contributed by atoms with van der Waals surface area (Å²) in [5.74, 6) is -1.31. The smallest absolute Gasteiger partial charge is 0.247 e. The molecule has 0 spiro atoms. The highest BCUT2D eigenvalue weighted by Crippen LogP contribution is 2.35. The Labute approximate surface area is 235 Å². The van der Waals surface area contributed by atoms with Gasteiger partial charge in [-0.25, -0.2) is 4.39 Å². The standard InChI is InChI=1S/C31H39FN4O4/c1-20(2)17-26-29(37)34-27(24-18-22-5-3-4-6-23(22)19-24)31(39)36(26)28(21-7-9-25(32)10-8-21)30(38)33-11-12-35-13-15-40-16-14-35/h3-10,20,24,26-28H,11-19H2,1-2H3,(H,33,38)(H,34,37)/t26-,27?,28-/m1/s1. The largest absolute Gasteiger partial charge is 0.379 e. The van der Waals surface area contributed by atoms with Crippen molar-refractivity contribution in [2.24, 2.45) is 11.8 Å². The molecule has 1 aliphatic carbocycles. The zero-order valence-electron chi connectivity index (χ0n) is 23.3. The molecule has 0 saturated carbocycles. The molecule has 3 amide bonds. The fourth-order valence-electron chi connectivity index (χ4n) is 6.22. The number of nitrogens with one attached hydrogen (secondary N) is 2. The van der Waals surface area contributed by atoms with E-state index in [9.17, 15) is 18.8 Å². The molecule has 2 N–H and O–H groups in total. The van der Waals surface area contributed by atoms with Crippen LogP contribution in [0.2, 0.25) is 0 Å². The number of rotatable bonds is 9. The number of carbonyl (C=O) groups excluding carboxylic acids is 3. The van der Waals surface area contributed by atoms with Gasteiger partial charge in [-0.1, -0.05) is 50.2 Å². The Kier molecular flexibility index (Phi) is 8.81. The Morgan fingerprint density at radius 1 is 1.05 bits per heavy atom. The van der Waals surface area contributed by atoms with Gasteiger partial charge in [-0.3, -0.25) is 19.3 Å². The van der Waals surface area contributed by atoms with Crippen molar-refractivity contribution in [1.82, 2.24) is 20.4 Å². The number of nitrogens with zero attached hydrogens (tertiary/aromatic N) is 2. The first-order valence-electron chi connectivity index (χ1n) is 14.3. The number of fused-ring (bicyclic) bond motifs is 1. The summed E-state index contributed by atoms with van der Waals surface area (Å²) in [6, 6.07) is 11.1. The Morgan fingerprint density at radius 3 is 2.33 bits per heavy atom. The van der Waals surface area contributed by atoms with Gasteiger partial charge in [-0.05, 0) is 59.9 Å². The molecule has 2 saturated heterocycles. The van der Waals surface area contributed by atoms with E-state index in [0.29, 0.717) is 51.1 Å². The molecule has 2 heterocycles. The lowest BCUT2D eigenvalue weighted by Crippen LogP contribution is -2.67. The van der Waals surface area contributed by atoms with Crippen LogP contribution in [0, 0.1) is 17.7 Å². The van der Waals surface area contributed by atoms with Crippen LogP contribution in [0.15, 0.2) is 48.5 Å². The second kappa shape index (κ2) is 12.5. The average Bonchev–Trinajstić information content (AvgIpc) is 3.38. The highest BCUT2D eigenvalue weighted by Gasteiger charge is 2.49. The lowest BCUT2D eigenvalue weighted by Gasteiger charge is -2.45. The van der Waals surface area contributed by atoms with E-state index in [-0.39, 0.29) is 29.6 Å².